The highest BCUT2D eigenvalue weighted by Gasteiger charge is 2.42. The number of ether oxygens (including phenoxy) is 1. The molecule has 1 aliphatic rings. The van der Waals surface area contributed by atoms with E-state index in [-0.39, 0.29) is 6.03 Å². The predicted molar refractivity (Wildman–Crippen MR) is 71.0 cm³/mol. The van der Waals surface area contributed by atoms with E-state index in [1.165, 1.54) is 0 Å². The Labute approximate surface area is 114 Å². The van der Waals surface area contributed by atoms with Crippen LogP contribution in [0.25, 0.3) is 0 Å². The van der Waals surface area contributed by atoms with Crippen molar-refractivity contribution >= 4 is 12.0 Å². The molecule has 0 unspecified atom stereocenters. The van der Waals surface area contributed by atoms with Gasteiger partial charge in [-0.2, -0.15) is 0 Å². The zero-order valence-corrected chi connectivity index (χ0v) is 11.9. The molecule has 1 rings (SSSR count). The minimum Gasteiger partial charge on any atom is -0.480 e. The molecule has 0 atom stereocenters. The van der Waals surface area contributed by atoms with Crippen LogP contribution in [-0.4, -0.2) is 54.4 Å². The normalized spacial score (nSPS) is 18.1. The summed E-state index contributed by atoms with van der Waals surface area (Å²) in [6.07, 6.45) is 1.52. The molecule has 0 aromatic rings. The maximum atomic E-state index is 12.0. The number of rotatable bonds is 5. The summed E-state index contributed by atoms with van der Waals surface area (Å²) in [5, 5.41) is 12.0. The number of carbonyl (C=O) groups excluding carboxylic acids is 1. The van der Waals surface area contributed by atoms with E-state index in [0.717, 1.165) is 6.42 Å². The van der Waals surface area contributed by atoms with Gasteiger partial charge < -0.3 is 20.1 Å². The van der Waals surface area contributed by atoms with Gasteiger partial charge in [0.15, 0.2) is 0 Å². The Balaban J connectivity index is 2.58. The van der Waals surface area contributed by atoms with Crippen molar-refractivity contribution in [2.24, 2.45) is 5.92 Å². The first-order valence-corrected chi connectivity index (χ1v) is 6.72. The third kappa shape index (κ3) is 4.38. The van der Waals surface area contributed by atoms with Crippen LogP contribution < -0.4 is 5.32 Å². The van der Waals surface area contributed by atoms with E-state index in [1.54, 1.807) is 11.9 Å². The summed E-state index contributed by atoms with van der Waals surface area (Å²) in [4.78, 5) is 25.0. The molecule has 110 valence electrons. The fraction of sp³-hybridized carbons (Fsp3) is 0.846. The molecule has 0 bridgehead atoms. The van der Waals surface area contributed by atoms with E-state index < -0.39 is 11.5 Å². The third-order valence-corrected chi connectivity index (χ3v) is 3.49. The van der Waals surface area contributed by atoms with Gasteiger partial charge in [-0.3, -0.25) is 0 Å². The molecule has 6 nitrogen and oxygen atoms in total. The number of hydrogen-bond acceptors (Lipinski definition) is 3. The second-order valence-corrected chi connectivity index (χ2v) is 5.53. The number of hydrogen-bond donors (Lipinski definition) is 2. The van der Waals surface area contributed by atoms with E-state index in [2.05, 4.69) is 19.2 Å². The summed E-state index contributed by atoms with van der Waals surface area (Å²) in [5.74, 6) is -0.479. The second-order valence-electron chi connectivity index (χ2n) is 5.53. The van der Waals surface area contributed by atoms with Gasteiger partial charge in [-0.05, 0) is 12.3 Å². The van der Waals surface area contributed by atoms with Crippen molar-refractivity contribution in [3.8, 4) is 0 Å². The van der Waals surface area contributed by atoms with Gasteiger partial charge in [0.1, 0.15) is 5.54 Å². The average Bonchev–Trinajstić information content (AvgIpc) is 2.36. The molecule has 0 spiro atoms. The van der Waals surface area contributed by atoms with Gasteiger partial charge in [0.25, 0.3) is 0 Å². The minimum absolute atomic E-state index is 0.312. The molecule has 0 saturated carbocycles. The van der Waals surface area contributed by atoms with Crippen LogP contribution in [0.5, 0.6) is 0 Å². The molecule has 0 radical (unpaired) electrons. The molecular formula is C13H24N2O4. The molecule has 19 heavy (non-hydrogen) atoms. The fourth-order valence-electron chi connectivity index (χ4n) is 1.97. The lowest BCUT2D eigenvalue weighted by atomic mass is 9.90. The molecule has 1 saturated heterocycles. The van der Waals surface area contributed by atoms with Gasteiger partial charge >= 0.3 is 12.0 Å². The zero-order chi connectivity index (χ0) is 14.5. The van der Waals surface area contributed by atoms with Crippen LogP contribution in [0.1, 0.15) is 33.1 Å². The number of carboxylic acid groups (broad SMARTS) is 1. The smallest absolute Gasteiger partial charge is 0.329 e. The van der Waals surface area contributed by atoms with Gasteiger partial charge in [0.2, 0.25) is 0 Å². The Kier molecular flexibility index (Phi) is 5.60. The van der Waals surface area contributed by atoms with Crippen molar-refractivity contribution in [3.63, 3.8) is 0 Å². The molecule has 0 aromatic heterocycles. The van der Waals surface area contributed by atoms with Crippen molar-refractivity contribution in [2.45, 2.75) is 38.6 Å². The number of carboxylic acids is 1. The Hall–Kier alpha value is -1.30. The van der Waals surface area contributed by atoms with E-state index in [1.807, 2.05) is 0 Å². The van der Waals surface area contributed by atoms with E-state index in [4.69, 9.17) is 4.74 Å². The van der Waals surface area contributed by atoms with Crippen molar-refractivity contribution in [1.82, 2.24) is 10.2 Å². The van der Waals surface area contributed by atoms with Crippen LogP contribution in [0.4, 0.5) is 4.79 Å². The van der Waals surface area contributed by atoms with E-state index >= 15 is 0 Å². The summed E-state index contributed by atoms with van der Waals surface area (Å²) in [5.41, 5.74) is -1.18. The van der Waals surface area contributed by atoms with Crippen molar-refractivity contribution < 1.29 is 19.4 Å². The lowest BCUT2D eigenvalue weighted by molar-refractivity contribution is -0.148. The summed E-state index contributed by atoms with van der Waals surface area (Å²) in [6, 6.07) is -0.329. The monoisotopic (exact) mass is 272 g/mol. The maximum Gasteiger partial charge on any atom is 0.329 e. The Morgan fingerprint density at radius 1 is 1.37 bits per heavy atom. The summed E-state index contributed by atoms with van der Waals surface area (Å²) < 4.78 is 5.17. The SMILES string of the molecule is CC(C)CCN(C)C(=O)NC1(C(=O)O)CCOCC1. The maximum absolute atomic E-state index is 12.0. The average molecular weight is 272 g/mol. The quantitative estimate of drug-likeness (QED) is 0.791. The van der Waals surface area contributed by atoms with Crippen LogP contribution in [0, 0.1) is 5.92 Å². The number of aliphatic carboxylic acids is 1. The van der Waals surface area contributed by atoms with Crippen molar-refractivity contribution in [1.29, 1.82) is 0 Å². The van der Waals surface area contributed by atoms with Crippen molar-refractivity contribution in [2.75, 3.05) is 26.8 Å². The van der Waals surface area contributed by atoms with Crippen LogP contribution in [-0.2, 0) is 9.53 Å². The van der Waals surface area contributed by atoms with E-state index in [0.29, 0.717) is 38.5 Å². The Morgan fingerprint density at radius 3 is 2.42 bits per heavy atom. The molecular weight excluding hydrogens is 248 g/mol. The molecule has 0 aliphatic carbocycles. The van der Waals surface area contributed by atoms with Crippen LogP contribution >= 0.6 is 0 Å². The highest BCUT2D eigenvalue weighted by molar-refractivity contribution is 5.86. The molecule has 1 aliphatic heterocycles. The van der Waals surface area contributed by atoms with Gasteiger partial charge in [-0.15, -0.1) is 0 Å². The lowest BCUT2D eigenvalue weighted by Crippen LogP contribution is -2.59. The molecule has 6 heteroatoms. The van der Waals surface area contributed by atoms with Gasteiger partial charge in [-0.1, -0.05) is 13.8 Å². The number of nitrogens with zero attached hydrogens (tertiary/aromatic N) is 1. The third-order valence-electron chi connectivity index (χ3n) is 3.49. The second kappa shape index (κ2) is 6.75. The van der Waals surface area contributed by atoms with Crippen LogP contribution in [0.3, 0.4) is 0 Å². The molecule has 0 aromatic carbocycles. The van der Waals surface area contributed by atoms with Gasteiger partial charge in [0, 0.05) is 39.6 Å². The number of amides is 2. The fourth-order valence-corrected chi connectivity index (χ4v) is 1.97. The molecule has 2 amide bonds. The number of nitrogens with one attached hydrogen (secondary N) is 1. The highest BCUT2D eigenvalue weighted by Crippen LogP contribution is 2.21. The first-order valence-electron chi connectivity index (χ1n) is 6.72. The Morgan fingerprint density at radius 2 is 1.95 bits per heavy atom. The van der Waals surface area contributed by atoms with Gasteiger partial charge in [-0.25, -0.2) is 9.59 Å². The van der Waals surface area contributed by atoms with E-state index in [9.17, 15) is 14.7 Å². The first-order chi connectivity index (χ1) is 8.87. The summed E-state index contributed by atoms with van der Waals surface area (Å²) in [6.45, 7) is 5.52. The number of carbonyl (C=O) groups is 2. The van der Waals surface area contributed by atoms with Gasteiger partial charge in [0.05, 0.1) is 0 Å². The lowest BCUT2D eigenvalue weighted by Gasteiger charge is -2.35. The standard InChI is InChI=1S/C13H24N2O4/c1-10(2)4-7-15(3)12(18)14-13(11(16)17)5-8-19-9-6-13/h10H,4-9H2,1-3H3,(H,14,18)(H,16,17). The first kappa shape index (κ1) is 15.8. The Bertz CT molecular complexity index is 325. The number of urea groups is 1. The molecule has 1 fully saturated rings. The van der Waals surface area contributed by atoms with Crippen molar-refractivity contribution in [3.05, 3.63) is 0 Å². The summed E-state index contributed by atoms with van der Waals surface area (Å²) >= 11 is 0. The van der Waals surface area contributed by atoms with Crippen LogP contribution in [0.2, 0.25) is 0 Å². The molecule has 2 N–H and O–H groups in total. The molecule has 1 heterocycles. The zero-order valence-electron chi connectivity index (χ0n) is 11.9. The van der Waals surface area contributed by atoms with Crippen LogP contribution in [0.15, 0.2) is 0 Å². The highest BCUT2D eigenvalue weighted by atomic mass is 16.5. The topological polar surface area (TPSA) is 78.9 Å². The minimum atomic E-state index is -1.18. The summed E-state index contributed by atoms with van der Waals surface area (Å²) in [7, 11) is 1.69. The predicted octanol–water partition coefficient (Wildman–Crippen LogP) is 1.31. The largest absolute Gasteiger partial charge is 0.480 e.